The van der Waals surface area contributed by atoms with Crippen molar-refractivity contribution < 1.29 is 40.7 Å². The van der Waals surface area contributed by atoms with E-state index in [2.05, 4.69) is 4.98 Å². The van der Waals surface area contributed by atoms with Crippen LogP contribution in [0.2, 0.25) is 5.02 Å². The number of nitrogens with zero attached hydrogens (tertiary/aromatic N) is 4. The van der Waals surface area contributed by atoms with Crippen LogP contribution in [0.1, 0.15) is 50.9 Å². The number of aliphatic carboxylic acids is 1. The number of carboxylic acid groups (broad SMARTS) is 1. The van der Waals surface area contributed by atoms with E-state index < -0.39 is 54.9 Å². The second kappa shape index (κ2) is 15.2. The number of rotatable bonds is 15. The molecule has 0 unspecified atom stereocenters. The minimum atomic E-state index is -4.65. The highest BCUT2D eigenvalue weighted by atomic mass is 35.5. The van der Waals surface area contributed by atoms with Gasteiger partial charge in [-0.15, -0.1) is 0 Å². The predicted octanol–water partition coefficient (Wildman–Crippen LogP) is 7.52. The monoisotopic (exact) mass is 767 g/mol. The summed E-state index contributed by atoms with van der Waals surface area (Å²) < 4.78 is 81.5. The Kier molecular flexibility index (Phi) is 12.0. The highest BCUT2D eigenvalue weighted by molar-refractivity contribution is 7.98. The summed E-state index contributed by atoms with van der Waals surface area (Å²) in [5, 5.41) is 10.7. The van der Waals surface area contributed by atoms with Gasteiger partial charge < -0.3 is 14.3 Å². The number of hydrogen-bond donors (Lipinski definition) is 1. The molecule has 0 atom stereocenters. The maximum atomic E-state index is 15.7. The first-order chi connectivity index (χ1) is 23.6. The fourth-order valence-electron chi connectivity index (χ4n) is 5.54. The second-order valence-corrected chi connectivity index (χ2v) is 17.4. The number of aromatic nitrogens is 2. The van der Waals surface area contributed by atoms with Crippen LogP contribution in [0, 0.1) is 17.5 Å². The SMILES string of the molecule is COc1cc(C(C)(C)c2cnc(SCc3c(F)cc(S(=O)(=O)N(CCC[N+](C)(C)C)C(C)(C)C(=O)O)cc3F)n2-c2ccc(F)cc2)ccc1Cl. The van der Waals surface area contributed by atoms with E-state index in [4.69, 9.17) is 16.3 Å². The Morgan fingerprint density at radius 3 is 2.18 bits per heavy atom. The number of methoxy groups -OCH3 is 1. The van der Waals surface area contributed by atoms with Crippen LogP contribution in [0.15, 0.2) is 70.8 Å². The van der Waals surface area contributed by atoms with Crippen LogP contribution in [-0.2, 0) is 26.0 Å². The van der Waals surface area contributed by atoms with E-state index in [0.717, 1.165) is 21.6 Å². The molecule has 15 heteroatoms. The number of sulfonamides is 1. The van der Waals surface area contributed by atoms with E-state index in [-0.39, 0.29) is 12.3 Å². The lowest BCUT2D eigenvalue weighted by Gasteiger charge is -2.35. The second-order valence-electron chi connectivity index (χ2n) is 14.2. The Morgan fingerprint density at radius 2 is 1.63 bits per heavy atom. The lowest BCUT2D eigenvalue weighted by Crippen LogP contribution is -2.53. The molecule has 0 fully saturated rings. The van der Waals surface area contributed by atoms with Crippen molar-refractivity contribution in [3.63, 3.8) is 0 Å². The summed E-state index contributed by atoms with van der Waals surface area (Å²) in [7, 11) is 2.59. The number of thioether (sulfide) groups is 1. The first kappa shape index (κ1) is 40.2. The number of imidazole rings is 1. The van der Waals surface area contributed by atoms with Crippen LogP contribution >= 0.6 is 23.4 Å². The van der Waals surface area contributed by atoms with Crippen molar-refractivity contribution in [2.24, 2.45) is 0 Å². The molecule has 0 radical (unpaired) electrons. The molecule has 0 aliphatic carbocycles. The Bertz CT molecular complexity index is 1990. The van der Waals surface area contributed by atoms with Crippen LogP contribution in [0.3, 0.4) is 0 Å². The van der Waals surface area contributed by atoms with Crippen molar-refractivity contribution in [3.8, 4) is 11.4 Å². The molecule has 1 aromatic heterocycles. The third kappa shape index (κ3) is 8.74. The zero-order valence-electron chi connectivity index (χ0n) is 29.8. The molecule has 0 spiro atoms. The molecule has 4 aromatic rings. The third-order valence-electron chi connectivity index (χ3n) is 8.71. The number of hydrogen-bond acceptors (Lipinski definition) is 6. The van der Waals surface area contributed by atoms with Crippen molar-refractivity contribution in [1.82, 2.24) is 13.9 Å². The van der Waals surface area contributed by atoms with Crippen LogP contribution in [0.5, 0.6) is 5.75 Å². The molecule has 51 heavy (non-hydrogen) atoms. The van der Waals surface area contributed by atoms with E-state index >= 15 is 8.78 Å². The van der Waals surface area contributed by atoms with E-state index in [1.165, 1.54) is 33.1 Å². The molecule has 276 valence electrons. The summed E-state index contributed by atoms with van der Waals surface area (Å²) in [6.45, 7) is 6.73. The third-order valence-corrected chi connectivity index (χ3v) is 12.1. The van der Waals surface area contributed by atoms with E-state index in [9.17, 15) is 22.7 Å². The maximum Gasteiger partial charge on any atom is 0.324 e. The van der Waals surface area contributed by atoms with Gasteiger partial charge in [0.05, 0.1) is 56.6 Å². The molecule has 4 rings (SSSR count). The summed E-state index contributed by atoms with van der Waals surface area (Å²) in [4.78, 5) is 16.0. The molecule has 9 nitrogen and oxygen atoms in total. The molecular formula is C36H43ClF3N4O5S2+. The van der Waals surface area contributed by atoms with Gasteiger partial charge in [-0.1, -0.05) is 43.3 Å². The van der Waals surface area contributed by atoms with Gasteiger partial charge in [0.1, 0.15) is 28.7 Å². The van der Waals surface area contributed by atoms with Crippen molar-refractivity contribution in [2.75, 3.05) is 41.3 Å². The van der Waals surface area contributed by atoms with Gasteiger partial charge >= 0.3 is 5.97 Å². The van der Waals surface area contributed by atoms with Crippen molar-refractivity contribution >= 4 is 39.4 Å². The number of ether oxygens (including phenoxy) is 1. The summed E-state index contributed by atoms with van der Waals surface area (Å²) in [6, 6.07) is 12.5. The molecule has 1 N–H and O–H groups in total. The topological polar surface area (TPSA) is 102 Å². The predicted molar refractivity (Wildman–Crippen MR) is 193 cm³/mol. The fraction of sp³-hybridized carbons (Fsp3) is 0.389. The van der Waals surface area contributed by atoms with Gasteiger partial charge in [0.25, 0.3) is 0 Å². The van der Waals surface area contributed by atoms with E-state index in [1.54, 1.807) is 35.0 Å². The van der Waals surface area contributed by atoms with Gasteiger partial charge in [-0.05, 0) is 67.9 Å². The van der Waals surface area contributed by atoms with Crippen LogP contribution < -0.4 is 4.74 Å². The zero-order chi connectivity index (χ0) is 38.1. The summed E-state index contributed by atoms with van der Waals surface area (Å²) in [5.41, 5.74) is -0.957. The van der Waals surface area contributed by atoms with Gasteiger partial charge in [0.2, 0.25) is 10.0 Å². The number of carbonyl (C=O) groups is 1. The Hall–Kier alpha value is -3.56. The molecule has 0 aliphatic rings. The molecule has 3 aromatic carbocycles. The van der Waals surface area contributed by atoms with E-state index in [1.807, 2.05) is 41.1 Å². The van der Waals surface area contributed by atoms with Crippen molar-refractivity contribution in [1.29, 1.82) is 0 Å². The first-order valence-corrected chi connectivity index (χ1v) is 18.8. The van der Waals surface area contributed by atoms with Gasteiger partial charge in [-0.25, -0.2) is 26.6 Å². The molecule has 0 bridgehead atoms. The minimum absolute atomic E-state index is 0.175. The van der Waals surface area contributed by atoms with Gasteiger partial charge in [-0.2, -0.15) is 4.31 Å². The number of carboxylic acids is 1. The maximum absolute atomic E-state index is 15.7. The van der Waals surface area contributed by atoms with Crippen LogP contribution in [0.4, 0.5) is 13.2 Å². The first-order valence-electron chi connectivity index (χ1n) is 16.0. The zero-order valence-corrected chi connectivity index (χ0v) is 32.2. The largest absolute Gasteiger partial charge is 0.495 e. The Morgan fingerprint density at radius 1 is 1.02 bits per heavy atom. The van der Waals surface area contributed by atoms with Crippen LogP contribution in [0.25, 0.3) is 5.69 Å². The van der Waals surface area contributed by atoms with Gasteiger partial charge in [0, 0.05) is 35.4 Å². The normalized spacial score (nSPS) is 12.8. The number of halogens is 4. The summed E-state index contributed by atoms with van der Waals surface area (Å²) in [6.07, 6.45) is 1.94. The number of quaternary nitrogens is 1. The minimum Gasteiger partial charge on any atom is -0.495 e. The Balaban J connectivity index is 1.71. The highest BCUT2D eigenvalue weighted by Gasteiger charge is 2.43. The molecule has 0 aliphatic heterocycles. The standard InChI is InChI=1S/C36H42ClF3N4O5S2/c1-35(2,23-10-15-28(37)31(18-23)49-8)32-21-41-34(43(32)25-13-11-24(38)12-14-25)50-22-27-29(39)19-26(20-30(27)40)51(47,48)42(36(3,4)33(45)46)16-9-17-44(5,6)7/h10-15,18-21H,9,16-17,22H2,1-8H3/p+1. The van der Waals surface area contributed by atoms with Crippen molar-refractivity contribution in [3.05, 3.63) is 100 Å². The fourth-order valence-corrected chi connectivity index (χ4v) is 8.55. The van der Waals surface area contributed by atoms with Gasteiger partial charge in [-0.3, -0.25) is 9.36 Å². The van der Waals surface area contributed by atoms with Gasteiger partial charge in [0.15, 0.2) is 5.16 Å². The Labute approximate surface area is 306 Å². The molecule has 0 saturated carbocycles. The summed E-state index contributed by atoms with van der Waals surface area (Å²) >= 11 is 7.28. The molecular weight excluding hydrogens is 725 g/mol. The molecule has 0 amide bonds. The van der Waals surface area contributed by atoms with Crippen molar-refractivity contribution in [2.45, 2.75) is 60.9 Å². The number of benzene rings is 3. The lowest BCUT2D eigenvalue weighted by molar-refractivity contribution is -0.870. The summed E-state index contributed by atoms with van der Waals surface area (Å²) in [5.74, 6) is -3.89. The average molecular weight is 768 g/mol. The highest BCUT2D eigenvalue weighted by Crippen LogP contribution is 2.40. The van der Waals surface area contributed by atoms with Crippen LogP contribution in [-0.4, -0.2) is 84.7 Å². The average Bonchev–Trinajstić information content (AvgIpc) is 3.47. The lowest BCUT2D eigenvalue weighted by atomic mass is 9.81. The smallest absolute Gasteiger partial charge is 0.324 e. The van der Waals surface area contributed by atoms with E-state index in [0.29, 0.717) is 56.9 Å². The molecule has 0 saturated heterocycles. The molecule has 1 heterocycles. The quantitative estimate of drug-likeness (QED) is 0.0987.